The molecule has 0 aliphatic rings. The normalized spacial score (nSPS) is 10.6. The van der Waals surface area contributed by atoms with Crippen molar-refractivity contribution in [3.8, 4) is 11.5 Å². The molecular formula is C19H15NO5. The van der Waals surface area contributed by atoms with Gasteiger partial charge >= 0.3 is 5.69 Å². The molecule has 6 nitrogen and oxygen atoms in total. The average Bonchev–Trinajstić information content (AvgIpc) is 2.61. The quantitative estimate of drug-likeness (QED) is 0.433. The van der Waals surface area contributed by atoms with Crippen molar-refractivity contribution in [1.82, 2.24) is 0 Å². The van der Waals surface area contributed by atoms with Crippen molar-refractivity contribution < 1.29 is 19.6 Å². The van der Waals surface area contributed by atoms with Crippen molar-refractivity contribution in [2.24, 2.45) is 0 Å². The monoisotopic (exact) mass is 337 g/mol. The number of phenols is 1. The number of methoxy groups -OCH3 is 1. The first-order chi connectivity index (χ1) is 12.0. The van der Waals surface area contributed by atoms with Crippen molar-refractivity contribution in [3.63, 3.8) is 0 Å². The number of carbonyl (C=O) groups excluding carboxylic acids is 1. The van der Waals surface area contributed by atoms with Gasteiger partial charge in [0.15, 0.2) is 11.5 Å². The SMILES string of the molecule is COc1cc(C(=O)Cc2ccc3ccccc3c2)cc([N+](=O)[O-])c1O. The summed E-state index contributed by atoms with van der Waals surface area (Å²) in [6.07, 6.45) is 0.0932. The van der Waals surface area contributed by atoms with Crippen LogP contribution in [0.5, 0.6) is 11.5 Å². The second kappa shape index (κ2) is 6.60. The highest BCUT2D eigenvalue weighted by Crippen LogP contribution is 2.37. The highest BCUT2D eigenvalue weighted by molar-refractivity contribution is 5.99. The molecule has 0 radical (unpaired) electrons. The second-order valence-corrected chi connectivity index (χ2v) is 5.58. The maximum Gasteiger partial charge on any atom is 0.315 e. The number of phenolic OH excluding ortho intramolecular Hbond substituents is 1. The molecule has 3 rings (SSSR count). The Morgan fingerprint density at radius 1 is 1.12 bits per heavy atom. The predicted octanol–water partition coefficient (Wildman–Crippen LogP) is 3.89. The molecule has 0 atom stereocenters. The molecule has 0 spiro atoms. The fourth-order valence-electron chi connectivity index (χ4n) is 2.69. The molecule has 0 saturated heterocycles. The first-order valence-corrected chi connectivity index (χ1v) is 7.56. The standard InChI is InChI=1S/C19H15NO5/c1-25-18-11-15(10-16(19(18)22)20(23)24)17(21)9-12-6-7-13-4-2-3-5-14(13)8-12/h2-8,10-11,22H,9H2,1H3. The van der Waals surface area contributed by atoms with Crippen molar-refractivity contribution in [1.29, 1.82) is 0 Å². The van der Waals surface area contributed by atoms with Gasteiger partial charge in [-0.1, -0.05) is 42.5 Å². The maximum atomic E-state index is 12.5. The minimum atomic E-state index is -0.745. The number of fused-ring (bicyclic) bond motifs is 1. The Balaban J connectivity index is 1.94. The Bertz CT molecular complexity index is 981. The van der Waals surface area contributed by atoms with E-state index in [2.05, 4.69) is 0 Å². The highest BCUT2D eigenvalue weighted by atomic mass is 16.6. The van der Waals surface area contributed by atoms with E-state index in [1.54, 1.807) is 0 Å². The van der Waals surface area contributed by atoms with E-state index in [4.69, 9.17) is 4.74 Å². The molecule has 0 aliphatic heterocycles. The molecule has 126 valence electrons. The fourth-order valence-corrected chi connectivity index (χ4v) is 2.69. The first kappa shape index (κ1) is 16.4. The summed E-state index contributed by atoms with van der Waals surface area (Å²) >= 11 is 0. The first-order valence-electron chi connectivity index (χ1n) is 7.56. The van der Waals surface area contributed by atoms with E-state index in [1.807, 2.05) is 42.5 Å². The molecule has 0 heterocycles. The van der Waals surface area contributed by atoms with Crippen LogP contribution in [-0.2, 0) is 6.42 Å². The van der Waals surface area contributed by atoms with Crippen LogP contribution in [0.4, 0.5) is 5.69 Å². The van der Waals surface area contributed by atoms with E-state index in [0.717, 1.165) is 22.4 Å². The summed E-state index contributed by atoms with van der Waals surface area (Å²) < 4.78 is 4.93. The van der Waals surface area contributed by atoms with Gasteiger partial charge in [-0.05, 0) is 22.4 Å². The lowest BCUT2D eigenvalue weighted by Gasteiger charge is -2.08. The van der Waals surface area contributed by atoms with Crippen LogP contribution in [0, 0.1) is 10.1 Å². The van der Waals surface area contributed by atoms with Gasteiger partial charge in [-0.3, -0.25) is 14.9 Å². The van der Waals surface area contributed by atoms with E-state index in [1.165, 1.54) is 13.2 Å². The molecule has 0 amide bonds. The van der Waals surface area contributed by atoms with Gasteiger partial charge in [0.05, 0.1) is 12.0 Å². The topological polar surface area (TPSA) is 89.7 Å². The number of rotatable bonds is 5. The molecule has 25 heavy (non-hydrogen) atoms. The Morgan fingerprint density at radius 2 is 1.84 bits per heavy atom. The van der Waals surface area contributed by atoms with E-state index >= 15 is 0 Å². The Hall–Kier alpha value is -3.41. The molecule has 0 aromatic heterocycles. The van der Waals surface area contributed by atoms with Crippen LogP contribution in [0.2, 0.25) is 0 Å². The average molecular weight is 337 g/mol. The number of nitro groups is 1. The van der Waals surface area contributed by atoms with Gasteiger partial charge in [0.1, 0.15) is 0 Å². The fraction of sp³-hybridized carbons (Fsp3) is 0.105. The van der Waals surface area contributed by atoms with E-state index in [9.17, 15) is 20.0 Å². The second-order valence-electron chi connectivity index (χ2n) is 5.58. The van der Waals surface area contributed by atoms with Crippen LogP contribution in [0.3, 0.4) is 0 Å². The summed E-state index contributed by atoms with van der Waals surface area (Å²) in [4.78, 5) is 22.8. The highest BCUT2D eigenvalue weighted by Gasteiger charge is 2.22. The molecule has 0 fully saturated rings. The zero-order chi connectivity index (χ0) is 18.0. The lowest BCUT2D eigenvalue weighted by Crippen LogP contribution is -2.05. The van der Waals surface area contributed by atoms with Crippen LogP contribution < -0.4 is 4.74 Å². The predicted molar refractivity (Wildman–Crippen MR) is 93.3 cm³/mol. The Labute approximate surface area is 143 Å². The number of hydrogen-bond donors (Lipinski definition) is 1. The zero-order valence-corrected chi connectivity index (χ0v) is 13.4. The number of benzene rings is 3. The lowest BCUT2D eigenvalue weighted by molar-refractivity contribution is -0.386. The van der Waals surface area contributed by atoms with Gasteiger partial charge in [-0.25, -0.2) is 0 Å². The number of nitrogens with zero attached hydrogens (tertiary/aromatic N) is 1. The maximum absolute atomic E-state index is 12.5. The number of ether oxygens (including phenoxy) is 1. The largest absolute Gasteiger partial charge is 0.500 e. The van der Waals surface area contributed by atoms with Crippen LogP contribution >= 0.6 is 0 Å². The molecule has 0 bridgehead atoms. The summed E-state index contributed by atoms with van der Waals surface area (Å²) in [5, 5.41) is 22.9. The van der Waals surface area contributed by atoms with Crippen LogP contribution in [0.15, 0.2) is 54.6 Å². The van der Waals surface area contributed by atoms with Crippen LogP contribution in [0.25, 0.3) is 10.8 Å². The van der Waals surface area contributed by atoms with Gasteiger partial charge in [0.2, 0.25) is 5.75 Å². The van der Waals surface area contributed by atoms with Crippen LogP contribution in [-0.4, -0.2) is 22.9 Å². The number of Topliss-reactive ketones (excluding diaryl/α,β-unsaturated/α-hetero) is 1. The molecule has 0 unspecified atom stereocenters. The molecular weight excluding hydrogens is 322 g/mol. The number of hydrogen-bond acceptors (Lipinski definition) is 5. The molecule has 6 heteroatoms. The molecule has 0 saturated carbocycles. The third kappa shape index (κ3) is 3.28. The van der Waals surface area contributed by atoms with Crippen molar-refractivity contribution in [3.05, 3.63) is 75.8 Å². The lowest BCUT2D eigenvalue weighted by atomic mass is 9.99. The third-order valence-corrected chi connectivity index (χ3v) is 3.97. The van der Waals surface area contributed by atoms with Crippen LogP contribution in [0.1, 0.15) is 15.9 Å². The smallest absolute Gasteiger partial charge is 0.315 e. The van der Waals surface area contributed by atoms with E-state index in [0.29, 0.717) is 0 Å². The Morgan fingerprint density at radius 3 is 2.52 bits per heavy atom. The summed E-state index contributed by atoms with van der Waals surface area (Å²) in [6, 6.07) is 15.9. The minimum absolute atomic E-state index is 0.0932. The van der Waals surface area contributed by atoms with E-state index < -0.39 is 16.4 Å². The number of nitro benzene ring substituents is 1. The van der Waals surface area contributed by atoms with Gasteiger partial charge in [-0.15, -0.1) is 0 Å². The van der Waals surface area contributed by atoms with Gasteiger partial charge in [0.25, 0.3) is 0 Å². The third-order valence-electron chi connectivity index (χ3n) is 3.97. The summed E-state index contributed by atoms with van der Waals surface area (Å²) in [7, 11) is 1.27. The van der Waals surface area contributed by atoms with E-state index in [-0.39, 0.29) is 23.5 Å². The van der Waals surface area contributed by atoms with Crippen molar-refractivity contribution in [2.75, 3.05) is 7.11 Å². The molecule has 3 aromatic rings. The number of carbonyl (C=O) groups is 1. The van der Waals surface area contributed by atoms with Gasteiger partial charge in [0, 0.05) is 18.1 Å². The Kier molecular flexibility index (Phi) is 4.35. The molecule has 1 N–H and O–H groups in total. The summed E-state index contributed by atoms with van der Waals surface area (Å²) in [5.74, 6) is -0.984. The van der Waals surface area contributed by atoms with Gasteiger partial charge in [-0.2, -0.15) is 0 Å². The number of aromatic hydroxyl groups is 1. The number of ketones is 1. The van der Waals surface area contributed by atoms with Crippen molar-refractivity contribution in [2.45, 2.75) is 6.42 Å². The van der Waals surface area contributed by atoms with Gasteiger partial charge < -0.3 is 9.84 Å². The van der Waals surface area contributed by atoms with Crippen molar-refractivity contribution >= 4 is 22.2 Å². The molecule has 0 aliphatic carbocycles. The summed E-state index contributed by atoms with van der Waals surface area (Å²) in [5.41, 5.74) is 0.370. The minimum Gasteiger partial charge on any atom is -0.500 e. The zero-order valence-electron chi connectivity index (χ0n) is 13.4. The summed E-state index contributed by atoms with van der Waals surface area (Å²) in [6.45, 7) is 0. The molecule has 3 aromatic carbocycles.